The number of nitrogens with zero attached hydrogens (tertiary/aromatic N) is 4. The summed E-state index contributed by atoms with van der Waals surface area (Å²) >= 11 is 0. The number of urea groups is 1. The molecule has 0 unspecified atom stereocenters. The van der Waals surface area contributed by atoms with Crippen molar-refractivity contribution in [2.24, 2.45) is 5.92 Å². The Morgan fingerprint density at radius 3 is 2.55 bits per heavy atom. The topological polar surface area (TPSA) is 86.2 Å². The van der Waals surface area contributed by atoms with Crippen molar-refractivity contribution in [2.75, 3.05) is 43.2 Å². The number of aliphatic hydroxyl groups is 1. The zero-order chi connectivity index (χ0) is 22.9. The third kappa shape index (κ3) is 3.87. The van der Waals surface area contributed by atoms with E-state index in [0.29, 0.717) is 12.2 Å². The highest BCUT2D eigenvalue weighted by Crippen LogP contribution is 2.36. The molecule has 1 N–H and O–H groups in total. The lowest BCUT2D eigenvalue weighted by molar-refractivity contribution is -0.129. The molecule has 0 bridgehead atoms. The molecule has 3 heterocycles. The standard InChI is InChI=1S/C25H26N4O4/c1-33-19-7-5-17(6-8-19)15-29-24(31)9-10-28(25(29)32)23-12-26-11-21-20(23)3-2-4-22(21)27-13-18(14-27)16-30/h2-8,11-12,18,30H,9-10,13-16H2,1H3. The molecule has 0 atom stereocenters. The number of rotatable bonds is 6. The van der Waals surface area contributed by atoms with E-state index >= 15 is 0 Å². The first-order chi connectivity index (χ1) is 16.1. The molecule has 2 fully saturated rings. The fourth-order valence-corrected chi connectivity index (χ4v) is 4.52. The third-order valence-electron chi connectivity index (χ3n) is 6.42. The Hall–Kier alpha value is -3.65. The van der Waals surface area contributed by atoms with Gasteiger partial charge in [0.05, 0.1) is 25.5 Å². The molecule has 1 aromatic heterocycles. The Morgan fingerprint density at radius 2 is 1.82 bits per heavy atom. The minimum absolute atomic E-state index is 0.184. The van der Waals surface area contributed by atoms with Crippen LogP contribution in [0.1, 0.15) is 12.0 Å². The number of hydrogen-bond acceptors (Lipinski definition) is 6. The zero-order valence-corrected chi connectivity index (χ0v) is 18.5. The van der Waals surface area contributed by atoms with Gasteiger partial charge in [0.25, 0.3) is 0 Å². The fourth-order valence-electron chi connectivity index (χ4n) is 4.52. The lowest BCUT2D eigenvalue weighted by Crippen LogP contribution is -2.52. The van der Waals surface area contributed by atoms with E-state index in [1.807, 2.05) is 48.7 Å². The highest BCUT2D eigenvalue weighted by atomic mass is 16.5. The fraction of sp³-hybridized carbons (Fsp3) is 0.320. The van der Waals surface area contributed by atoms with Gasteiger partial charge in [-0.05, 0) is 23.8 Å². The molecular formula is C25H26N4O4. The first-order valence-electron chi connectivity index (χ1n) is 11.1. The Labute approximate surface area is 192 Å². The van der Waals surface area contributed by atoms with Gasteiger partial charge in [0, 0.05) is 61.2 Å². The van der Waals surface area contributed by atoms with E-state index in [4.69, 9.17) is 4.74 Å². The molecular weight excluding hydrogens is 420 g/mol. The third-order valence-corrected chi connectivity index (χ3v) is 6.42. The number of hydrogen-bond donors (Lipinski definition) is 1. The van der Waals surface area contributed by atoms with Crippen molar-refractivity contribution < 1.29 is 19.4 Å². The SMILES string of the molecule is COc1ccc(CN2C(=O)CCN(c3cncc4c(N5CC(CO)C5)cccc34)C2=O)cc1. The number of fused-ring (bicyclic) bond motifs is 1. The van der Waals surface area contributed by atoms with Crippen LogP contribution >= 0.6 is 0 Å². The molecule has 3 aromatic rings. The van der Waals surface area contributed by atoms with Gasteiger partial charge in [-0.25, -0.2) is 4.79 Å². The summed E-state index contributed by atoms with van der Waals surface area (Å²) < 4.78 is 5.19. The second-order valence-corrected chi connectivity index (χ2v) is 8.50. The van der Waals surface area contributed by atoms with Crippen LogP contribution in [-0.2, 0) is 11.3 Å². The Morgan fingerprint density at radius 1 is 1.03 bits per heavy atom. The summed E-state index contributed by atoms with van der Waals surface area (Å²) in [6, 6.07) is 13.0. The van der Waals surface area contributed by atoms with E-state index in [-0.39, 0.29) is 37.4 Å². The number of anilines is 2. The van der Waals surface area contributed by atoms with Gasteiger partial charge >= 0.3 is 6.03 Å². The minimum atomic E-state index is -0.342. The van der Waals surface area contributed by atoms with Crippen LogP contribution < -0.4 is 14.5 Å². The van der Waals surface area contributed by atoms with Crippen molar-refractivity contribution in [2.45, 2.75) is 13.0 Å². The van der Waals surface area contributed by atoms with Crippen molar-refractivity contribution in [3.05, 3.63) is 60.4 Å². The number of methoxy groups -OCH3 is 1. The van der Waals surface area contributed by atoms with E-state index < -0.39 is 0 Å². The van der Waals surface area contributed by atoms with Gasteiger partial charge < -0.3 is 14.7 Å². The number of carbonyl (C=O) groups is 2. The molecule has 33 heavy (non-hydrogen) atoms. The maximum absolute atomic E-state index is 13.4. The molecule has 5 rings (SSSR count). The molecule has 8 heteroatoms. The van der Waals surface area contributed by atoms with Gasteiger partial charge in [0.1, 0.15) is 5.75 Å². The largest absolute Gasteiger partial charge is 0.497 e. The summed E-state index contributed by atoms with van der Waals surface area (Å²) in [5.74, 6) is 0.830. The first kappa shape index (κ1) is 21.2. The van der Waals surface area contributed by atoms with Crippen LogP contribution in [0.15, 0.2) is 54.9 Å². The Kier molecular flexibility index (Phi) is 5.60. The van der Waals surface area contributed by atoms with Crippen molar-refractivity contribution in [3.8, 4) is 5.75 Å². The predicted octanol–water partition coefficient (Wildman–Crippen LogP) is 3.03. The minimum Gasteiger partial charge on any atom is -0.497 e. The van der Waals surface area contributed by atoms with E-state index in [1.165, 1.54) is 4.90 Å². The molecule has 2 aromatic carbocycles. The molecule has 2 aliphatic heterocycles. The van der Waals surface area contributed by atoms with E-state index in [1.54, 1.807) is 18.2 Å². The number of imide groups is 1. The van der Waals surface area contributed by atoms with Gasteiger partial charge in [0.15, 0.2) is 0 Å². The molecule has 170 valence electrons. The maximum atomic E-state index is 13.4. The van der Waals surface area contributed by atoms with E-state index in [0.717, 1.165) is 40.9 Å². The van der Waals surface area contributed by atoms with Crippen LogP contribution in [0.5, 0.6) is 5.75 Å². The smallest absolute Gasteiger partial charge is 0.331 e. The second kappa shape index (κ2) is 8.71. The lowest BCUT2D eigenvalue weighted by atomic mass is 9.98. The number of aliphatic hydroxyl groups excluding tert-OH is 1. The van der Waals surface area contributed by atoms with Crippen LogP contribution in [0.3, 0.4) is 0 Å². The van der Waals surface area contributed by atoms with Crippen LogP contribution in [0.25, 0.3) is 10.8 Å². The van der Waals surface area contributed by atoms with Gasteiger partial charge in [-0.2, -0.15) is 0 Å². The normalized spacial score (nSPS) is 17.0. The highest BCUT2D eigenvalue weighted by Gasteiger charge is 2.34. The summed E-state index contributed by atoms with van der Waals surface area (Å²) in [6.45, 7) is 2.31. The molecule has 0 saturated carbocycles. The van der Waals surface area contributed by atoms with Crippen molar-refractivity contribution in [3.63, 3.8) is 0 Å². The number of ether oxygens (including phenoxy) is 1. The predicted molar refractivity (Wildman–Crippen MR) is 125 cm³/mol. The molecule has 8 nitrogen and oxygen atoms in total. The average Bonchev–Trinajstić information content (AvgIpc) is 2.81. The van der Waals surface area contributed by atoms with Crippen LogP contribution in [-0.4, -0.2) is 60.3 Å². The molecule has 2 aliphatic rings. The monoisotopic (exact) mass is 446 g/mol. The number of benzene rings is 2. The van der Waals surface area contributed by atoms with Crippen molar-refractivity contribution in [1.29, 1.82) is 0 Å². The summed E-state index contributed by atoms with van der Waals surface area (Å²) in [5, 5.41) is 11.2. The van der Waals surface area contributed by atoms with Gasteiger partial charge in [-0.3, -0.25) is 19.6 Å². The summed E-state index contributed by atoms with van der Waals surface area (Å²) in [4.78, 5) is 35.6. The lowest BCUT2D eigenvalue weighted by Gasteiger charge is -2.41. The number of carbonyl (C=O) groups excluding carboxylic acids is 2. The van der Waals surface area contributed by atoms with E-state index in [9.17, 15) is 14.7 Å². The van der Waals surface area contributed by atoms with Crippen LogP contribution in [0, 0.1) is 5.92 Å². The quantitative estimate of drug-likeness (QED) is 0.627. The van der Waals surface area contributed by atoms with Crippen molar-refractivity contribution in [1.82, 2.24) is 9.88 Å². The molecule has 2 saturated heterocycles. The highest BCUT2D eigenvalue weighted by molar-refractivity contribution is 6.11. The molecule has 0 aliphatic carbocycles. The number of aromatic nitrogens is 1. The van der Waals surface area contributed by atoms with Crippen LogP contribution in [0.2, 0.25) is 0 Å². The van der Waals surface area contributed by atoms with Crippen LogP contribution in [0.4, 0.5) is 16.2 Å². The second-order valence-electron chi connectivity index (χ2n) is 8.50. The Balaban J connectivity index is 1.44. The van der Waals surface area contributed by atoms with Gasteiger partial charge in [0.2, 0.25) is 5.91 Å². The summed E-state index contributed by atoms with van der Waals surface area (Å²) in [6.07, 6.45) is 3.76. The van der Waals surface area contributed by atoms with Gasteiger partial charge in [-0.1, -0.05) is 24.3 Å². The zero-order valence-electron chi connectivity index (χ0n) is 18.5. The number of amides is 3. The summed E-state index contributed by atoms with van der Waals surface area (Å²) in [7, 11) is 1.60. The summed E-state index contributed by atoms with van der Waals surface area (Å²) in [5.41, 5.74) is 2.60. The molecule has 0 spiro atoms. The first-order valence-corrected chi connectivity index (χ1v) is 11.1. The number of pyridine rings is 1. The average molecular weight is 447 g/mol. The van der Waals surface area contributed by atoms with Gasteiger partial charge in [-0.15, -0.1) is 0 Å². The van der Waals surface area contributed by atoms with Crippen molar-refractivity contribution >= 4 is 34.1 Å². The Bertz CT molecular complexity index is 1190. The molecule has 0 radical (unpaired) electrons. The molecule has 3 amide bonds. The van der Waals surface area contributed by atoms with E-state index in [2.05, 4.69) is 9.88 Å². The maximum Gasteiger partial charge on any atom is 0.331 e.